The van der Waals surface area contributed by atoms with Crippen LogP contribution in [0.5, 0.6) is 0 Å². The minimum atomic E-state index is -2.98. The van der Waals surface area contributed by atoms with Gasteiger partial charge in [0.15, 0.2) is 0 Å². The summed E-state index contributed by atoms with van der Waals surface area (Å²) in [7, 11) is -2.98. The molecule has 1 N–H and O–H groups in total. The molecule has 1 atom stereocenters. The van der Waals surface area contributed by atoms with Crippen LogP contribution in [-0.2, 0) is 14.6 Å². The Kier molecular flexibility index (Phi) is 4.73. The van der Waals surface area contributed by atoms with Crippen LogP contribution in [0.15, 0.2) is 0 Å². The Labute approximate surface area is 97.1 Å². The van der Waals surface area contributed by atoms with Crippen molar-refractivity contribution < 1.29 is 13.2 Å². The summed E-state index contributed by atoms with van der Waals surface area (Å²) >= 11 is 0. The first-order valence-electron chi connectivity index (χ1n) is 5.57. The molecule has 0 bridgehead atoms. The van der Waals surface area contributed by atoms with Gasteiger partial charge < -0.3 is 10.2 Å². The van der Waals surface area contributed by atoms with Gasteiger partial charge in [0.1, 0.15) is 9.84 Å². The Hall–Kier alpha value is -0.620. The molecule has 1 aliphatic rings. The molecular weight excluding hydrogens is 228 g/mol. The first-order chi connectivity index (χ1) is 7.38. The summed E-state index contributed by atoms with van der Waals surface area (Å²) in [5.41, 5.74) is 0. The molecule has 0 aromatic carbocycles. The average molecular weight is 248 g/mol. The number of carbonyl (C=O) groups excluding carboxylic acids is 1. The van der Waals surface area contributed by atoms with Gasteiger partial charge >= 0.3 is 0 Å². The van der Waals surface area contributed by atoms with Crippen LogP contribution in [0.25, 0.3) is 0 Å². The van der Waals surface area contributed by atoms with Crippen molar-refractivity contribution in [2.75, 3.05) is 31.6 Å². The summed E-state index contributed by atoms with van der Waals surface area (Å²) in [6.07, 6.45) is 3.35. The Morgan fingerprint density at radius 2 is 1.94 bits per heavy atom. The van der Waals surface area contributed by atoms with Crippen LogP contribution in [0.4, 0.5) is 0 Å². The van der Waals surface area contributed by atoms with Gasteiger partial charge in [-0.1, -0.05) is 0 Å². The van der Waals surface area contributed by atoms with Crippen molar-refractivity contribution in [3.63, 3.8) is 0 Å². The molecule has 0 aromatic rings. The second-order valence-electron chi connectivity index (χ2n) is 4.46. The third-order valence-electron chi connectivity index (χ3n) is 2.61. The number of sulfone groups is 1. The zero-order valence-corrected chi connectivity index (χ0v) is 10.7. The van der Waals surface area contributed by atoms with Crippen molar-refractivity contribution in [3.8, 4) is 0 Å². The minimum Gasteiger partial charge on any atom is -0.342 e. The number of hydrogen-bond acceptors (Lipinski definition) is 4. The standard InChI is InChI=1S/C10H20N2O3S/c1-9(8-16(2,14)15)11-7-10(13)12-5-3-4-6-12/h9,11H,3-8H2,1-2H3. The maximum Gasteiger partial charge on any atom is 0.236 e. The van der Waals surface area contributed by atoms with E-state index in [9.17, 15) is 13.2 Å². The topological polar surface area (TPSA) is 66.5 Å². The van der Waals surface area contributed by atoms with Crippen molar-refractivity contribution >= 4 is 15.7 Å². The largest absolute Gasteiger partial charge is 0.342 e. The number of amides is 1. The Bertz CT molecular complexity index is 334. The third kappa shape index (κ3) is 4.94. The highest BCUT2D eigenvalue weighted by Gasteiger charge is 2.18. The summed E-state index contributed by atoms with van der Waals surface area (Å²) in [6, 6.07) is -0.179. The van der Waals surface area contributed by atoms with E-state index in [-0.39, 0.29) is 24.2 Å². The summed E-state index contributed by atoms with van der Waals surface area (Å²) in [5, 5.41) is 2.95. The summed E-state index contributed by atoms with van der Waals surface area (Å²) in [5.74, 6) is 0.137. The van der Waals surface area contributed by atoms with Crippen molar-refractivity contribution in [3.05, 3.63) is 0 Å². The highest BCUT2D eigenvalue weighted by atomic mass is 32.2. The van der Waals surface area contributed by atoms with Crippen molar-refractivity contribution in [1.29, 1.82) is 0 Å². The number of carbonyl (C=O) groups is 1. The van der Waals surface area contributed by atoms with Crippen LogP contribution in [0.3, 0.4) is 0 Å². The predicted molar refractivity (Wildman–Crippen MR) is 63.0 cm³/mol. The van der Waals surface area contributed by atoms with Gasteiger partial charge in [-0.15, -0.1) is 0 Å². The van der Waals surface area contributed by atoms with Crippen LogP contribution in [0.1, 0.15) is 19.8 Å². The highest BCUT2D eigenvalue weighted by Crippen LogP contribution is 2.06. The van der Waals surface area contributed by atoms with E-state index >= 15 is 0 Å². The molecule has 1 rings (SSSR count). The smallest absolute Gasteiger partial charge is 0.236 e. The zero-order valence-electron chi connectivity index (χ0n) is 9.90. The van der Waals surface area contributed by atoms with Gasteiger partial charge in [-0.25, -0.2) is 8.42 Å². The van der Waals surface area contributed by atoms with Gasteiger partial charge in [0.2, 0.25) is 5.91 Å². The summed E-state index contributed by atoms with van der Waals surface area (Å²) < 4.78 is 22.0. The average Bonchev–Trinajstić information content (AvgIpc) is 2.64. The van der Waals surface area contributed by atoms with Gasteiger partial charge in [0, 0.05) is 25.4 Å². The SMILES string of the molecule is CC(CS(C)(=O)=O)NCC(=O)N1CCCC1. The lowest BCUT2D eigenvalue weighted by molar-refractivity contribution is -0.129. The molecule has 6 heteroatoms. The Balaban J connectivity index is 2.25. The highest BCUT2D eigenvalue weighted by molar-refractivity contribution is 7.90. The van der Waals surface area contributed by atoms with E-state index in [0.29, 0.717) is 0 Å². The molecule has 5 nitrogen and oxygen atoms in total. The number of hydrogen-bond donors (Lipinski definition) is 1. The number of likely N-dealkylation sites (tertiary alicyclic amines) is 1. The normalized spacial score (nSPS) is 18.8. The van der Waals surface area contributed by atoms with E-state index in [1.54, 1.807) is 6.92 Å². The first-order valence-corrected chi connectivity index (χ1v) is 7.63. The van der Waals surface area contributed by atoms with E-state index in [1.807, 2.05) is 4.90 Å². The van der Waals surface area contributed by atoms with Crippen molar-refractivity contribution in [2.45, 2.75) is 25.8 Å². The lowest BCUT2D eigenvalue weighted by Gasteiger charge is -2.18. The fraction of sp³-hybridized carbons (Fsp3) is 0.900. The van der Waals surface area contributed by atoms with Crippen LogP contribution >= 0.6 is 0 Å². The lowest BCUT2D eigenvalue weighted by atomic mass is 10.4. The molecule has 1 saturated heterocycles. The molecule has 1 aliphatic heterocycles. The number of nitrogens with one attached hydrogen (secondary N) is 1. The Morgan fingerprint density at radius 3 is 2.44 bits per heavy atom. The maximum atomic E-state index is 11.6. The molecule has 0 spiro atoms. The summed E-state index contributed by atoms with van der Waals surface area (Å²) in [6.45, 7) is 3.68. The monoisotopic (exact) mass is 248 g/mol. The molecular formula is C10H20N2O3S. The number of nitrogens with zero attached hydrogens (tertiary/aromatic N) is 1. The van der Waals surface area contributed by atoms with E-state index in [4.69, 9.17) is 0 Å². The van der Waals surface area contributed by atoms with Crippen molar-refractivity contribution in [1.82, 2.24) is 10.2 Å². The van der Waals surface area contributed by atoms with Crippen LogP contribution in [0.2, 0.25) is 0 Å². The molecule has 1 amide bonds. The second kappa shape index (κ2) is 5.63. The van der Waals surface area contributed by atoms with Gasteiger partial charge in [-0.05, 0) is 19.8 Å². The minimum absolute atomic E-state index is 0.0675. The molecule has 0 aliphatic carbocycles. The third-order valence-corrected chi connectivity index (χ3v) is 3.72. The number of rotatable bonds is 5. The summed E-state index contributed by atoms with van der Waals surface area (Å²) in [4.78, 5) is 13.4. The van der Waals surface area contributed by atoms with Crippen LogP contribution < -0.4 is 5.32 Å². The van der Waals surface area contributed by atoms with E-state index in [0.717, 1.165) is 25.9 Å². The Morgan fingerprint density at radius 1 is 1.38 bits per heavy atom. The molecule has 1 unspecified atom stereocenters. The van der Waals surface area contributed by atoms with E-state index in [1.165, 1.54) is 6.26 Å². The van der Waals surface area contributed by atoms with Crippen LogP contribution in [-0.4, -0.2) is 56.9 Å². The second-order valence-corrected chi connectivity index (χ2v) is 6.65. The molecule has 0 aromatic heterocycles. The molecule has 94 valence electrons. The molecule has 1 fully saturated rings. The van der Waals surface area contributed by atoms with E-state index in [2.05, 4.69) is 5.32 Å². The quantitative estimate of drug-likeness (QED) is 0.721. The van der Waals surface area contributed by atoms with Crippen molar-refractivity contribution in [2.24, 2.45) is 0 Å². The van der Waals surface area contributed by atoms with Gasteiger partial charge in [0.05, 0.1) is 12.3 Å². The molecule has 1 heterocycles. The molecule has 0 saturated carbocycles. The van der Waals surface area contributed by atoms with Gasteiger partial charge in [-0.3, -0.25) is 4.79 Å². The van der Waals surface area contributed by atoms with E-state index < -0.39 is 9.84 Å². The predicted octanol–water partition coefficient (Wildman–Crippen LogP) is -0.368. The molecule has 16 heavy (non-hydrogen) atoms. The lowest BCUT2D eigenvalue weighted by Crippen LogP contribution is -2.41. The van der Waals surface area contributed by atoms with Crippen LogP contribution in [0, 0.1) is 0 Å². The first kappa shape index (κ1) is 13.4. The molecule has 0 radical (unpaired) electrons. The fourth-order valence-corrected chi connectivity index (χ4v) is 2.88. The van der Waals surface area contributed by atoms with Gasteiger partial charge in [0.25, 0.3) is 0 Å². The maximum absolute atomic E-state index is 11.6. The van der Waals surface area contributed by atoms with Gasteiger partial charge in [-0.2, -0.15) is 0 Å². The zero-order chi connectivity index (χ0) is 12.2. The fourth-order valence-electron chi connectivity index (χ4n) is 1.85.